The molecule has 0 bridgehead atoms. The van der Waals surface area contributed by atoms with Gasteiger partial charge >= 0.3 is 0 Å². The Bertz CT molecular complexity index is 711. The van der Waals surface area contributed by atoms with Crippen molar-refractivity contribution >= 4 is 24.8 Å². The summed E-state index contributed by atoms with van der Waals surface area (Å²) < 4.78 is 27.2. The van der Waals surface area contributed by atoms with Crippen molar-refractivity contribution in [2.45, 2.75) is 45.4 Å². The van der Waals surface area contributed by atoms with Crippen LogP contribution in [0.15, 0.2) is 12.3 Å². The summed E-state index contributed by atoms with van der Waals surface area (Å²) in [5.74, 6) is 0.237. The Hall–Kier alpha value is -1.60. The average Bonchev–Trinajstić information content (AvgIpc) is 2.76. The second-order valence-electron chi connectivity index (χ2n) is 7.36. The quantitative estimate of drug-likeness (QED) is 0.668. The number of hydrogen-bond acceptors (Lipinski definition) is 4. The molecule has 2 aromatic heterocycles. The molecular weight excluding hydrogens is 313 g/mol. The van der Waals surface area contributed by atoms with Gasteiger partial charge in [0, 0.05) is 20.9 Å². The van der Waals surface area contributed by atoms with Crippen LogP contribution in [0.1, 0.15) is 6.92 Å². The first-order valence-electron chi connectivity index (χ1n) is 8.00. The third-order valence-electron chi connectivity index (χ3n) is 3.86. The molecular formula is C16H24FN3O2Si. The summed E-state index contributed by atoms with van der Waals surface area (Å²) in [6, 6.07) is 3.04. The van der Waals surface area contributed by atoms with Crippen molar-refractivity contribution in [3.63, 3.8) is 0 Å². The van der Waals surface area contributed by atoms with Gasteiger partial charge in [-0.2, -0.15) is 4.98 Å². The predicted octanol–water partition coefficient (Wildman–Crippen LogP) is 3.68. The first-order chi connectivity index (χ1) is 10.8. The maximum absolute atomic E-state index is 14.2. The Labute approximate surface area is 136 Å². The second kappa shape index (κ2) is 6.12. The number of halogens is 1. The molecule has 1 aliphatic rings. The molecule has 0 fully saturated rings. The molecule has 0 saturated carbocycles. The summed E-state index contributed by atoms with van der Waals surface area (Å²) >= 11 is 0. The minimum atomic E-state index is -1.12. The third kappa shape index (κ3) is 3.67. The van der Waals surface area contributed by atoms with Crippen LogP contribution in [0.3, 0.4) is 0 Å². The smallest absolute Gasteiger partial charge is 0.239 e. The van der Waals surface area contributed by atoms with Crippen molar-refractivity contribution < 1.29 is 13.9 Å². The number of fused-ring (bicyclic) bond motifs is 2. The van der Waals surface area contributed by atoms with E-state index in [0.29, 0.717) is 36.9 Å². The van der Waals surface area contributed by atoms with E-state index in [9.17, 15) is 4.39 Å². The monoisotopic (exact) mass is 337 g/mol. The highest BCUT2D eigenvalue weighted by Gasteiger charge is 2.21. The van der Waals surface area contributed by atoms with Gasteiger partial charge in [-0.1, -0.05) is 19.6 Å². The highest BCUT2D eigenvalue weighted by Crippen LogP contribution is 2.32. The zero-order valence-electron chi connectivity index (χ0n) is 14.1. The van der Waals surface area contributed by atoms with E-state index in [-0.39, 0.29) is 11.9 Å². The Morgan fingerprint density at radius 2 is 2.26 bits per heavy atom. The van der Waals surface area contributed by atoms with E-state index < -0.39 is 8.07 Å². The maximum Gasteiger partial charge on any atom is 0.239 e. The van der Waals surface area contributed by atoms with Gasteiger partial charge in [0.15, 0.2) is 5.82 Å². The zero-order valence-corrected chi connectivity index (χ0v) is 15.1. The summed E-state index contributed by atoms with van der Waals surface area (Å²) in [4.78, 5) is 4.47. The maximum atomic E-state index is 14.2. The molecule has 5 nitrogen and oxygen atoms in total. The molecule has 3 rings (SSSR count). The van der Waals surface area contributed by atoms with Crippen molar-refractivity contribution in [1.82, 2.24) is 9.55 Å². The van der Waals surface area contributed by atoms with E-state index in [2.05, 4.69) is 29.9 Å². The Morgan fingerprint density at radius 3 is 3.00 bits per heavy atom. The van der Waals surface area contributed by atoms with Gasteiger partial charge in [0.05, 0.1) is 17.1 Å². The van der Waals surface area contributed by atoms with Crippen LogP contribution >= 0.6 is 0 Å². The number of aromatic nitrogens is 2. The SMILES string of the molecule is C[C@@H]1COc2nc3c(cc2N1)c(F)cn3COCC[Si](C)(C)C. The molecule has 0 aliphatic carbocycles. The van der Waals surface area contributed by atoms with Gasteiger partial charge in [0.2, 0.25) is 5.88 Å². The van der Waals surface area contributed by atoms with Gasteiger partial charge in [-0.25, -0.2) is 4.39 Å². The van der Waals surface area contributed by atoms with Crippen molar-refractivity contribution in [3.8, 4) is 5.88 Å². The molecule has 1 aliphatic heterocycles. The van der Waals surface area contributed by atoms with Crippen molar-refractivity contribution in [3.05, 3.63) is 18.1 Å². The zero-order chi connectivity index (χ0) is 16.6. The summed E-state index contributed by atoms with van der Waals surface area (Å²) in [6.07, 6.45) is 1.45. The molecule has 0 saturated heterocycles. The van der Waals surface area contributed by atoms with Crippen LogP contribution in [0.4, 0.5) is 10.1 Å². The molecule has 0 amide bonds. The van der Waals surface area contributed by atoms with Gasteiger partial charge in [-0.15, -0.1) is 0 Å². The van der Waals surface area contributed by atoms with E-state index in [4.69, 9.17) is 9.47 Å². The highest BCUT2D eigenvalue weighted by atomic mass is 28.3. The number of nitrogens with one attached hydrogen (secondary N) is 1. The van der Waals surface area contributed by atoms with Crippen molar-refractivity contribution in [1.29, 1.82) is 0 Å². The molecule has 1 N–H and O–H groups in total. The Kier molecular flexibility index (Phi) is 4.33. The van der Waals surface area contributed by atoms with E-state index in [1.807, 2.05) is 6.92 Å². The van der Waals surface area contributed by atoms with Crippen LogP contribution in [0.25, 0.3) is 11.0 Å². The van der Waals surface area contributed by atoms with Crippen molar-refractivity contribution in [2.24, 2.45) is 0 Å². The number of rotatable bonds is 5. The largest absolute Gasteiger partial charge is 0.474 e. The Morgan fingerprint density at radius 1 is 1.48 bits per heavy atom. The number of ether oxygens (including phenoxy) is 2. The standard InChI is InChI=1S/C16H24FN3O2Si/c1-11-9-22-16-14(18-11)7-12-13(17)8-20(15(12)19-16)10-21-5-6-23(2,3)4/h7-8,11,18H,5-6,9-10H2,1-4H3/t11-/m1/s1. The number of nitrogens with zero attached hydrogens (tertiary/aromatic N) is 2. The van der Waals surface area contributed by atoms with Gasteiger partial charge in [0.25, 0.3) is 0 Å². The highest BCUT2D eigenvalue weighted by molar-refractivity contribution is 6.76. The molecule has 126 valence electrons. The average molecular weight is 337 g/mol. The van der Waals surface area contributed by atoms with Crippen LogP contribution in [-0.4, -0.2) is 36.9 Å². The van der Waals surface area contributed by atoms with E-state index in [0.717, 1.165) is 11.7 Å². The summed E-state index contributed by atoms with van der Waals surface area (Å²) in [7, 11) is -1.12. The van der Waals surface area contributed by atoms with Gasteiger partial charge in [-0.3, -0.25) is 0 Å². The summed E-state index contributed by atoms with van der Waals surface area (Å²) in [6.45, 7) is 10.5. The minimum absolute atomic E-state index is 0.191. The first kappa shape index (κ1) is 16.3. The lowest BCUT2D eigenvalue weighted by Crippen LogP contribution is -2.28. The predicted molar refractivity (Wildman–Crippen MR) is 92.4 cm³/mol. The fourth-order valence-electron chi connectivity index (χ4n) is 2.51. The normalized spacial score (nSPS) is 17.7. The van der Waals surface area contributed by atoms with E-state index in [1.54, 1.807) is 10.6 Å². The van der Waals surface area contributed by atoms with Crippen LogP contribution in [0, 0.1) is 5.82 Å². The van der Waals surface area contributed by atoms with Crippen LogP contribution in [0.2, 0.25) is 25.7 Å². The molecule has 1 atom stereocenters. The van der Waals surface area contributed by atoms with Crippen LogP contribution < -0.4 is 10.1 Å². The number of anilines is 1. The summed E-state index contributed by atoms with van der Waals surface area (Å²) in [5.41, 5.74) is 1.30. The van der Waals surface area contributed by atoms with Gasteiger partial charge < -0.3 is 19.4 Å². The van der Waals surface area contributed by atoms with Crippen LogP contribution in [-0.2, 0) is 11.5 Å². The lowest BCUT2D eigenvalue weighted by Gasteiger charge is -2.23. The van der Waals surface area contributed by atoms with E-state index in [1.165, 1.54) is 6.20 Å². The molecule has 0 spiro atoms. The lowest BCUT2D eigenvalue weighted by molar-refractivity contribution is 0.0894. The molecule has 0 unspecified atom stereocenters. The molecule has 7 heteroatoms. The second-order valence-corrected chi connectivity index (χ2v) is 13.0. The fraction of sp³-hybridized carbons (Fsp3) is 0.562. The van der Waals surface area contributed by atoms with Crippen molar-refractivity contribution in [2.75, 3.05) is 18.5 Å². The first-order valence-corrected chi connectivity index (χ1v) is 11.7. The fourth-order valence-corrected chi connectivity index (χ4v) is 3.27. The lowest BCUT2D eigenvalue weighted by atomic mass is 10.2. The molecule has 3 heterocycles. The third-order valence-corrected chi connectivity index (χ3v) is 5.57. The summed E-state index contributed by atoms with van der Waals surface area (Å²) in [5, 5.41) is 3.76. The minimum Gasteiger partial charge on any atom is -0.474 e. The number of hydrogen-bond donors (Lipinski definition) is 1. The molecule has 0 aromatic carbocycles. The van der Waals surface area contributed by atoms with Gasteiger partial charge in [0.1, 0.15) is 19.0 Å². The molecule has 0 radical (unpaired) electrons. The Balaban J connectivity index is 1.79. The van der Waals surface area contributed by atoms with Gasteiger partial charge in [-0.05, 0) is 19.0 Å². The molecule has 23 heavy (non-hydrogen) atoms. The molecule has 2 aromatic rings. The number of pyridine rings is 1. The van der Waals surface area contributed by atoms with Crippen LogP contribution in [0.5, 0.6) is 5.88 Å². The van der Waals surface area contributed by atoms with E-state index >= 15 is 0 Å². The topological polar surface area (TPSA) is 48.3 Å².